The quantitative estimate of drug-likeness (QED) is 0.892. The minimum Gasteiger partial charge on any atom is -0.484 e. The Balaban J connectivity index is 1.55. The van der Waals surface area contributed by atoms with Crippen LogP contribution in [0.4, 0.5) is 0 Å². The number of likely N-dealkylation sites (tertiary alicyclic amines) is 1. The summed E-state index contributed by atoms with van der Waals surface area (Å²) in [4.78, 5) is 25.7. The van der Waals surface area contributed by atoms with Gasteiger partial charge in [0.15, 0.2) is 6.61 Å². The van der Waals surface area contributed by atoms with Crippen molar-refractivity contribution >= 4 is 11.8 Å². The Bertz CT molecular complexity index is 614. The molecule has 0 radical (unpaired) electrons. The molecule has 0 bridgehead atoms. The lowest BCUT2D eigenvalue weighted by Crippen LogP contribution is -2.53. The molecule has 1 aromatic carbocycles. The SMILES string of the molecule is C[C@@H]1CCN(C(=O)COc2ccc(CC(N)=O)cc2)[C@H]2CCCC[C@H]12. The molecule has 2 amide bonds. The first-order valence-electron chi connectivity index (χ1n) is 9.34. The van der Waals surface area contributed by atoms with Crippen molar-refractivity contribution in [3.05, 3.63) is 29.8 Å². The number of carbonyl (C=O) groups excluding carboxylic acids is 2. The molecule has 25 heavy (non-hydrogen) atoms. The maximum absolute atomic E-state index is 12.7. The summed E-state index contributed by atoms with van der Waals surface area (Å²) in [5.74, 6) is 1.75. The summed E-state index contributed by atoms with van der Waals surface area (Å²) in [6.45, 7) is 3.25. The second kappa shape index (κ2) is 7.89. The zero-order valence-electron chi connectivity index (χ0n) is 14.9. The highest BCUT2D eigenvalue weighted by molar-refractivity contribution is 5.78. The second-order valence-corrected chi connectivity index (χ2v) is 7.44. The summed E-state index contributed by atoms with van der Waals surface area (Å²) in [5, 5.41) is 0. The monoisotopic (exact) mass is 344 g/mol. The third-order valence-electron chi connectivity index (χ3n) is 5.72. The van der Waals surface area contributed by atoms with Crippen molar-refractivity contribution in [3.63, 3.8) is 0 Å². The highest BCUT2D eigenvalue weighted by Crippen LogP contribution is 2.38. The second-order valence-electron chi connectivity index (χ2n) is 7.44. The average Bonchev–Trinajstić information content (AvgIpc) is 2.61. The number of piperidine rings is 1. The number of primary amides is 1. The molecule has 5 heteroatoms. The zero-order valence-corrected chi connectivity index (χ0v) is 14.9. The first kappa shape index (κ1) is 17.8. The van der Waals surface area contributed by atoms with Gasteiger partial charge in [-0.2, -0.15) is 0 Å². The largest absolute Gasteiger partial charge is 0.484 e. The van der Waals surface area contributed by atoms with E-state index >= 15 is 0 Å². The van der Waals surface area contributed by atoms with Gasteiger partial charge in [-0.05, 0) is 48.8 Å². The van der Waals surface area contributed by atoms with Crippen molar-refractivity contribution in [3.8, 4) is 5.75 Å². The number of ether oxygens (including phenoxy) is 1. The summed E-state index contributed by atoms with van der Waals surface area (Å²) >= 11 is 0. The molecule has 1 saturated heterocycles. The van der Waals surface area contributed by atoms with E-state index in [9.17, 15) is 9.59 Å². The van der Waals surface area contributed by atoms with E-state index in [0.717, 1.165) is 24.9 Å². The molecule has 136 valence electrons. The number of hydrogen-bond donors (Lipinski definition) is 1. The maximum atomic E-state index is 12.7. The molecule has 2 N–H and O–H groups in total. The van der Waals surface area contributed by atoms with Crippen LogP contribution in [-0.2, 0) is 16.0 Å². The van der Waals surface area contributed by atoms with Crippen molar-refractivity contribution in [1.82, 2.24) is 4.90 Å². The number of rotatable bonds is 5. The predicted octanol–water partition coefficient (Wildman–Crippen LogP) is 2.52. The van der Waals surface area contributed by atoms with E-state index in [1.54, 1.807) is 12.1 Å². The van der Waals surface area contributed by atoms with Crippen LogP contribution in [0.25, 0.3) is 0 Å². The summed E-state index contributed by atoms with van der Waals surface area (Å²) < 4.78 is 5.68. The highest BCUT2D eigenvalue weighted by atomic mass is 16.5. The Morgan fingerprint density at radius 1 is 1.16 bits per heavy atom. The van der Waals surface area contributed by atoms with Crippen LogP contribution in [0.5, 0.6) is 5.75 Å². The summed E-state index contributed by atoms with van der Waals surface area (Å²) in [6, 6.07) is 7.58. The Morgan fingerprint density at radius 3 is 2.60 bits per heavy atom. The van der Waals surface area contributed by atoms with Gasteiger partial charge in [-0.15, -0.1) is 0 Å². The van der Waals surface area contributed by atoms with E-state index < -0.39 is 0 Å². The minimum absolute atomic E-state index is 0.0762. The number of nitrogens with two attached hydrogens (primary N) is 1. The zero-order chi connectivity index (χ0) is 17.8. The Kier molecular flexibility index (Phi) is 5.61. The van der Waals surface area contributed by atoms with E-state index in [2.05, 4.69) is 11.8 Å². The van der Waals surface area contributed by atoms with Crippen LogP contribution < -0.4 is 10.5 Å². The van der Waals surface area contributed by atoms with Crippen molar-refractivity contribution in [2.75, 3.05) is 13.2 Å². The highest BCUT2D eigenvalue weighted by Gasteiger charge is 2.39. The van der Waals surface area contributed by atoms with Crippen LogP contribution >= 0.6 is 0 Å². The normalized spacial score (nSPS) is 26.0. The molecule has 1 aliphatic carbocycles. The summed E-state index contributed by atoms with van der Waals surface area (Å²) in [6.07, 6.45) is 6.20. The molecular formula is C20H28N2O3. The lowest BCUT2D eigenvalue weighted by atomic mass is 9.72. The molecular weight excluding hydrogens is 316 g/mol. The third kappa shape index (κ3) is 4.33. The molecule has 3 rings (SSSR count). The summed E-state index contributed by atoms with van der Waals surface area (Å²) in [7, 11) is 0. The standard InChI is InChI=1S/C20H28N2O3/c1-14-10-11-22(18-5-3-2-4-17(14)18)20(24)13-25-16-8-6-15(7-9-16)12-19(21)23/h6-9,14,17-18H,2-5,10-13H2,1H3,(H2,21,23)/t14-,17-,18+/m1/s1. The number of nitrogens with zero attached hydrogens (tertiary/aromatic N) is 1. The lowest BCUT2D eigenvalue weighted by Gasteiger charge is -2.47. The fourth-order valence-corrected chi connectivity index (χ4v) is 4.36. The third-order valence-corrected chi connectivity index (χ3v) is 5.72. The van der Waals surface area contributed by atoms with Crippen molar-refractivity contribution in [2.24, 2.45) is 17.6 Å². The van der Waals surface area contributed by atoms with Crippen LogP contribution in [0.1, 0.15) is 44.6 Å². The molecule has 1 aromatic rings. The fraction of sp³-hybridized carbons (Fsp3) is 0.600. The fourth-order valence-electron chi connectivity index (χ4n) is 4.36. The van der Waals surface area contributed by atoms with E-state index in [4.69, 9.17) is 10.5 Å². The van der Waals surface area contributed by atoms with Gasteiger partial charge in [-0.1, -0.05) is 31.9 Å². The molecule has 2 aliphatic rings. The number of benzene rings is 1. The van der Waals surface area contributed by atoms with E-state index in [1.165, 1.54) is 19.3 Å². The van der Waals surface area contributed by atoms with Gasteiger partial charge in [0.25, 0.3) is 5.91 Å². The van der Waals surface area contributed by atoms with Crippen LogP contribution in [0.2, 0.25) is 0 Å². The number of hydrogen-bond acceptors (Lipinski definition) is 3. The molecule has 2 fully saturated rings. The molecule has 0 spiro atoms. The first-order chi connectivity index (χ1) is 12.0. The molecule has 5 nitrogen and oxygen atoms in total. The van der Waals surface area contributed by atoms with E-state index in [-0.39, 0.29) is 24.8 Å². The van der Waals surface area contributed by atoms with Gasteiger partial charge in [0.2, 0.25) is 5.91 Å². The topological polar surface area (TPSA) is 72.6 Å². The van der Waals surface area contributed by atoms with Crippen molar-refractivity contribution in [2.45, 2.75) is 51.5 Å². The average molecular weight is 344 g/mol. The minimum atomic E-state index is -0.356. The van der Waals surface area contributed by atoms with Gasteiger partial charge in [-0.25, -0.2) is 0 Å². The van der Waals surface area contributed by atoms with E-state index in [1.807, 2.05) is 12.1 Å². The number of fused-ring (bicyclic) bond motifs is 1. The van der Waals surface area contributed by atoms with Gasteiger partial charge >= 0.3 is 0 Å². The van der Waals surface area contributed by atoms with Crippen LogP contribution in [0, 0.1) is 11.8 Å². The molecule has 1 saturated carbocycles. The van der Waals surface area contributed by atoms with Crippen molar-refractivity contribution in [1.29, 1.82) is 0 Å². The molecule has 0 aromatic heterocycles. The van der Waals surface area contributed by atoms with Crippen LogP contribution in [0.3, 0.4) is 0 Å². The Labute approximate surface area is 149 Å². The number of carbonyl (C=O) groups is 2. The van der Waals surface area contributed by atoms with Crippen molar-refractivity contribution < 1.29 is 14.3 Å². The van der Waals surface area contributed by atoms with Gasteiger partial charge in [0, 0.05) is 12.6 Å². The van der Waals surface area contributed by atoms with Crippen LogP contribution in [-0.4, -0.2) is 35.9 Å². The van der Waals surface area contributed by atoms with E-state index in [0.29, 0.717) is 23.6 Å². The molecule has 1 aliphatic heterocycles. The van der Waals surface area contributed by atoms with Gasteiger partial charge in [0.05, 0.1) is 6.42 Å². The van der Waals surface area contributed by atoms with Gasteiger partial charge in [0.1, 0.15) is 5.75 Å². The molecule has 1 heterocycles. The molecule has 0 unspecified atom stereocenters. The Morgan fingerprint density at radius 2 is 1.88 bits per heavy atom. The lowest BCUT2D eigenvalue weighted by molar-refractivity contribution is -0.141. The molecule has 3 atom stereocenters. The first-order valence-corrected chi connectivity index (χ1v) is 9.34. The summed E-state index contributed by atoms with van der Waals surface area (Å²) in [5.41, 5.74) is 6.03. The predicted molar refractivity (Wildman–Crippen MR) is 96.1 cm³/mol. The smallest absolute Gasteiger partial charge is 0.260 e. The van der Waals surface area contributed by atoms with Gasteiger partial charge in [-0.3, -0.25) is 9.59 Å². The Hall–Kier alpha value is -2.04. The maximum Gasteiger partial charge on any atom is 0.260 e. The number of amides is 2. The van der Waals surface area contributed by atoms with Crippen LogP contribution in [0.15, 0.2) is 24.3 Å². The van der Waals surface area contributed by atoms with Gasteiger partial charge < -0.3 is 15.4 Å².